The first-order valence-corrected chi connectivity index (χ1v) is 6.53. The van der Waals surface area contributed by atoms with Gasteiger partial charge in [0.15, 0.2) is 0 Å². The monoisotopic (exact) mass is 264 g/mol. The van der Waals surface area contributed by atoms with Gasteiger partial charge < -0.3 is 14.5 Å². The molecule has 0 aromatic carbocycles. The highest BCUT2D eigenvalue weighted by Gasteiger charge is 2.24. The number of rotatable bonds is 3. The Bertz CT molecular complexity index is 442. The first-order valence-electron chi connectivity index (χ1n) is 6.53. The molecule has 2 heterocycles. The highest BCUT2D eigenvalue weighted by Crippen LogP contribution is 2.25. The smallest absolute Gasteiger partial charge is 0.257 e. The molecule has 104 valence electrons. The van der Waals surface area contributed by atoms with Crippen LogP contribution < -0.4 is 9.64 Å². The maximum Gasteiger partial charge on any atom is 0.257 e. The van der Waals surface area contributed by atoms with Gasteiger partial charge in [-0.1, -0.05) is 13.8 Å². The predicted octanol–water partition coefficient (Wildman–Crippen LogP) is 0.790. The Morgan fingerprint density at radius 1 is 1.32 bits per heavy atom. The van der Waals surface area contributed by atoms with E-state index < -0.39 is 0 Å². The van der Waals surface area contributed by atoms with Crippen LogP contribution in [0.25, 0.3) is 0 Å². The van der Waals surface area contributed by atoms with E-state index >= 15 is 0 Å². The van der Waals surface area contributed by atoms with Gasteiger partial charge in [0.05, 0.1) is 13.3 Å². The molecular formula is C13H20N4O2. The van der Waals surface area contributed by atoms with Gasteiger partial charge in [-0.2, -0.15) is 5.10 Å². The van der Waals surface area contributed by atoms with Gasteiger partial charge in [0, 0.05) is 32.1 Å². The number of hydrogen-bond donors (Lipinski definition) is 0. The van der Waals surface area contributed by atoms with Crippen LogP contribution in [0.15, 0.2) is 12.3 Å². The minimum Gasteiger partial charge on any atom is -0.478 e. The van der Waals surface area contributed by atoms with Crippen molar-refractivity contribution in [2.24, 2.45) is 5.92 Å². The van der Waals surface area contributed by atoms with Crippen LogP contribution in [0.5, 0.6) is 5.88 Å². The van der Waals surface area contributed by atoms with Crippen LogP contribution in [-0.4, -0.2) is 54.3 Å². The second kappa shape index (κ2) is 5.86. The molecule has 1 aromatic rings. The number of amides is 1. The Balaban J connectivity index is 2.02. The Labute approximate surface area is 113 Å². The van der Waals surface area contributed by atoms with Gasteiger partial charge in [-0.05, 0) is 6.07 Å². The average Bonchev–Trinajstić information content (AvgIpc) is 2.46. The van der Waals surface area contributed by atoms with Crippen LogP contribution >= 0.6 is 0 Å². The van der Waals surface area contributed by atoms with E-state index in [1.165, 1.54) is 0 Å². The van der Waals surface area contributed by atoms with Gasteiger partial charge in [0.2, 0.25) is 5.91 Å². The molecule has 0 atom stereocenters. The van der Waals surface area contributed by atoms with E-state index in [0.29, 0.717) is 5.88 Å². The lowest BCUT2D eigenvalue weighted by atomic mass is 10.1. The maximum absolute atomic E-state index is 11.9. The molecule has 1 aliphatic rings. The molecule has 0 spiro atoms. The summed E-state index contributed by atoms with van der Waals surface area (Å²) in [5.41, 5.74) is 0.939. The lowest BCUT2D eigenvalue weighted by Crippen LogP contribution is -2.50. The van der Waals surface area contributed by atoms with E-state index in [1.807, 2.05) is 24.8 Å². The summed E-state index contributed by atoms with van der Waals surface area (Å²) in [5.74, 6) is 0.814. The molecule has 0 N–H and O–H groups in total. The number of hydrogen-bond acceptors (Lipinski definition) is 5. The lowest BCUT2D eigenvalue weighted by Gasteiger charge is -2.36. The fraction of sp³-hybridized carbons (Fsp3) is 0.615. The van der Waals surface area contributed by atoms with Gasteiger partial charge >= 0.3 is 0 Å². The molecule has 1 saturated heterocycles. The summed E-state index contributed by atoms with van der Waals surface area (Å²) in [7, 11) is 1.59. The zero-order valence-electron chi connectivity index (χ0n) is 11.7. The first-order chi connectivity index (χ1) is 9.13. The van der Waals surface area contributed by atoms with Crippen LogP contribution in [-0.2, 0) is 4.79 Å². The van der Waals surface area contributed by atoms with E-state index in [0.717, 1.165) is 31.9 Å². The van der Waals surface area contributed by atoms with Crippen LogP contribution in [0.4, 0.5) is 5.69 Å². The number of carbonyl (C=O) groups excluding carboxylic acids is 1. The standard InChI is InChI=1S/C13H20N4O2/c1-10(2)13(18)17-8-6-16(7-9-17)11-4-5-14-15-12(11)19-3/h4-5,10H,6-9H2,1-3H3. The summed E-state index contributed by atoms with van der Waals surface area (Å²) in [5, 5.41) is 7.77. The van der Waals surface area contributed by atoms with Crippen LogP contribution in [0.1, 0.15) is 13.8 Å². The van der Waals surface area contributed by atoms with E-state index in [9.17, 15) is 4.79 Å². The Hall–Kier alpha value is -1.85. The van der Waals surface area contributed by atoms with Gasteiger partial charge in [-0.15, -0.1) is 5.10 Å². The quantitative estimate of drug-likeness (QED) is 0.808. The van der Waals surface area contributed by atoms with E-state index in [-0.39, 0.29) is 11.8 Å². The van der Waals surface area contributed by atoms with E-state index in [1.54, 1.807) is 13.3 Å². The summed E-state index contributed by atoms with van der Waals surface area (Å²) in [6.45, 7) is 6.93. The normalized spacial score (nSPS) is 15.8. The third-order valence-electron chi connectivity index (χ3n) is 3.29. The molecule has 6 heteroatoms. The van der Waals surface area contributed by atoms with Crippen molar-refractivity contribution in [3.63, 3.8) is 0 Å². The second-order valence-electron chi connectivity index (χ2n) is 4.89. The molecule has 6 nitrogen and oxygen atoms in total. The van der Waals surface area contributed by atoms with Crippen LogP contribution in [0, 0.1) is 5.92 Å². The number of nitrogens with zero attached hydrogens (tertiary/aromatic N) is 4. The van der Waals surface area contributed by atoms with Crippen LogP contribution in [0.2, 0.25) is 0 Å². The lowest BCUT2D eigenvalue weighted by molar-refractivity contribution is -0.134. The topological polar surface area (TPSA) is 58.6 Å². The number of carbonyl (C=O) groups is 1. The molecule has 1 aliphatic heterocycles. The van der Waals surface area contributed by atoms with Crippen molar-refractivity contribution in [3.8, 4) is 5.88 Å². The fourth-order valence-electron chi connectivity index (χ4n) is 2.23. The zero-order valence-corrected chi connectivity index (χ0v) is 11.7. The largest absolute Gasteiger partial charge is 0.478 e. The highest BCUT2D eigenvalue weighted by molar-refractivity contribution is 5.78. The van der Waals surface area contributed by atoms with Gasteiger partial charge in [0.1, 0.15) is 5.69 Å². The maximum atomic E-state index is 11.9. The van der Waals surface area contributed by atoms with Gasteiger partial charge in [0.25, 0.3) is 5.88 Å². The summed E-state index contributed by atoms with van der Waals surface area (Å²) >= 11 is 0. The summed E-state index contributed by atoms with van der Waals surface area (Å²) in [6.07, 6.45) is 1.66. The molecule has 1 amide bonds. The number of aromatic nitrogens is 2. The zero-order chi connectivity index (χ0) is 13.8. The number of methoxy groups -OCH3 is 1. The van der Waals surface area contributed by atoms with Gasteiger partial charge in [-0.25, -0.2) is 0 Å². The van der Waals surface area contributed by atoms with E-state index in [4.69, 9.17) is 4.74 Å². The van der Waals surface area contributed by atoms with Crippen molar-refractivity contribution in [2.45, 2.75) is 13.8 Å². The minimum absolute atomic E-state index is 0.0590. The van der Waals surface area contributed by atoms with Gasteiger partial charge in [-0.3, -0.25) is 4.79 Å². The van der Waals surface area contributed by atoms with Crippen molar-refractivity contribution in [2.75, 3.05) is 38.2 Å². The predicted molar refractivity (Wildman–Crippen MR) is 72.2 cm³/mol. The number of ether oxygens (including phenoxy) is 1. The van der Waals surface area contributed by atoms with E-state index in [2.05, 4.69) is 15.1 Å². The van der Waals surface area contributed by atoms with Crippen molar-refractivity contribution in [1.29, 1.82) is 0 Å². The molecule has 0 unspecified atom stereocenters. The number of piperazine rings is 1. The summed E-state index contributed by atoms with van der Waals surface area (Å²) in [4.78, 5) is 16.0. The van der Waals surface area contributed by atoms with Crippen molar-refractivity contribution < 1.29 is 9.53 Å². The Kier molecular flexibility index (Phi) is 4.19. The molecule has 19 heavy (non-hydrogen) atoms. The van der Waals surface area contributed by atoms with Crippen LogP contribution in [0.3, 0.4) is 0 Å². The molecule has 1 fully saturated rings. The molecule has 0 aliphatic carbocycles. The Morgan fingerprint density at radius 2 is 2.00 bits per heavy atom. The van der Waals surface area contributed by atoms with Crippen molar-refractivity contribution >= 4 is 11.6 Å². The van der Waals surface area contributed by atoms with Crippen molar-refractivity contribution in [1.82, 2.24) is 15.1 Å². The third-order valence-corrected chi connectivity index (χ3v) is 3.29. The fourth-order valence-corrected chi connectivity index (χ4v) is 2.23. The van der Waals surface area contributed by atoms with Crippen molar-refractivity contribution in [3.05, 3.63) is 12.3 Å². The molecule has 2 rings (SSSR count). The molecule has 0 bridgehead atoms. The molecule has 0 radical (unpaired) electrons. The molecule has 0 saturated carbocycles. The Morgan fingerprint density at radius 3 is 2.58 bits per heavy atom. The minimum atomic E-state index is 0.0590. The highest BCUT2D eigenvalue weighted by atomic mass is 16.5. The third kappa shape index (κ3) is 2.94. The average molecular weight is 264 g/mol. The molecule has 1 aromatic heterocycles. The summed E-state index contributed by atoms with van der Waals surface area (Å²) in [6, 6.07) is 1.89. The first kappa shape index (κ1) is 13.6. The second-order valence-corrected chi connectivity index (χ2v) is 4.89. The number of anilines is 1. The SMILES string of the molecule is COc1nnccc1N1CCN(C(=O)C(C)C)CC1. The summed E-state index contributed by atoms with van der Waals surface area (Å²) < 4.78 is 5.22. The molecular weight excluding hydrogens is 244 g/mol.